The van der Waals surface area contributed by atoms with E-state index in [1.165, 1.54) is 25.7 Å². The van der Waals surface area contributed by atoms with E-state index < -0.39 is 12.1 Å². The highest BCUT2D eigenvalue weighted by molar-refractivity contribution is 5.81. The third kappa shape index (κ3) is 11.6. The van der Waals surface area contributed by atoms with Crippen LogP contribution in [-0.4, -0.2) is 23.8 Å². The van der Waals surface area contributed by atoms with Crippen molar-refractivity contribution in [3.05, 3.63) is 12.7 Å². The van der Waals surface area contributed by atoms with Crippen molar-refractivity contribution >= 4 is 5.97 Å². The lowest BCUT2D eigenvalue weighted by atomic mass is 10.0. The second-order valence-corrected chi connectivity index (χ2v) is 5.23. The van der Waals surface area contributed by atoms with E-state index in [0.29, 0.717) is 6.42 Å². The quantitative estimate of drug-likeness (QED) is 0.350. The second kappa shape index (κ2) is 11.3. The normalized spacial score (nSPS) is 12.4. The van der Waals surface area contributed by atoms with Crippen molar-refractivity contribution in [3.8, 4) is 0 Å². The van der Waals surface area contributed by atoms with E-state index in [-0.39, 0.29) is 6.61 Å². The summed E-state index contributed by atoms with van der Waals surface area (Å²) in [5.74, 6) is 0.328. The molecule has 1 unspecified atom stereocenters. The van der Waals surface area contributed by atoms with Crippen molar-refractivity contribution in [1.82, 2.24) is 0 Å². The van der Waals surface area contributed by atoms with Crippen molar-refractivity contribution in [2.45, 2.75) is 64.9 Å². The molecule has 0 saturated heterocycles. The zero-order valence-electron chi connectivity index (χ0n) is 11.9. The Morgan fingerprint density at radius 3 is 2.28 bits per heavy atom. The molecular formula is C15H28O3. The van der Waals surface area contributed by atoms with Crippen molar-refractivity contribution < 1.29 is 14.6 Å². The molecule has 0 radical (unpaired) electrons. The van der Waals surface area contributed by atoms with E-state index >= 15 is 0 Å². The largest absolute Gasteiger partial charge is 0.460 e. The van der Waals surface area contributed by atoms with Crippen molar-refractivity contribution in [2.75, 3.05) is 6.61 Å². The molecule has 106 valence electrons. The molecule has 0 aromatic heterocycles. The van der Waals surface area contributed by atoms with E-state index in [1.807, 2.05) is 0 Å². The fourth-order valence-corrected chi connectivity index (χ4v) is 1.78. The van der Waals surface area contributed by atoms with Crippen LogP contribution in [0.15, 0.2) is 12.7 Å². The number of aliphatic hydroxyl groups is 1. The van der Waals surface area contributed by atoms with Crippen LogP contribution < -0.4 is 0 Å². The van der Waals surface area contributed by atoms with E-state index in [9.17, 15) is 9.90 Å². The van der Waals surface area contributed by atoms with E-state index in [4.69, 9.17) is 4.74 Å². The van der Waals surface area contributed by atoms with Crippen LogP contribution in [0.25, 0.3) is 0 Å². The molecule has 1 atom stereocenters. The number of esters is 1. The van der Waals surface area contributed by atoms with Gasteiger partial charge in [-0.1, -0.05) is 59.0 Å². The zero-order valence-corrected chi connectivity index (χ0v) is 11.9. The molecule has 3 nitrogen and oxygen atoms in total. The minimum Gasteiger partial charge on any atom is -0.460 e. The van der Waals surface area contributed by atoms with E-state index in [1.54, 1.807) is 0 Å². The van der Waals surface area contributed by atoms with Gasteiger partial charge in [0.1, 0.15) is 6.61 Å². The van der Waals surface area contributed by atoms with Gasteiger partial charge in [0.15, 0.2) is 0 Å². The average molecular weight is 256 g/mol. The number of hydrogen-bond acceptors (Lipinski definition) is 3. The zero-order chi connectivity index (χ0) is 13.8. The van der Waals surface area contributed by atoms with Gasteiger partial charge in [0.05, 0.1) is 6.10 Å². The number of unbranched alkanes of at least 4 members (excludes halogenated alkanes) is 4. The molecule has 0 aromatic rings. The highest BCUT2D eigenvalue weighted by atomic mass is 16.5. The number of rotatable bonds is 11. The Labute approximate surface area is 111 Å². The highest BCUT2D eigenvalue weighted by Crippen LogP contribution is 2.12. The number of carbonyl (C=O) groups excluding carboxylic acids is 1. The van der Waals surface area contributed by atoms with Crippen LogP contribution in [0.4, 0.5) is 0 Å². The Morgan fingerprint density at radius 1 is 1.17 bits per heavy atom. The van der Waals surface area contributed by atoms with Gasteiger partial charge in [0.25, 0.3) is 0 Å². The molecule has 0 saturated carbocycles. The third-order valence-electron chi connectivity index (χ3n) is 2.90. The highest BCUT2D eigenvalue weighted by Gasteiger charge is 2.06. The summed E-state index contributed by atoms with van der Waals surface area (Å²) in [6.07, 6.45) is 8.53. The van der Waals surface area contributed by atoms with Crippen LogP contribution in [-0.2, 0) is 9.53 Å². The van der Waals surface area contributed by atoms with Gasteiger partial charge in [-0.05, 0) is 12.3 Å². The summed E-state index contributed by atoms with van der Waals surface area (Å²) >= 11 is 0. The molecule has 1 N–H and O–H groups in total. The molecule has 0 spiro atoms. The van der Waals surface area contributed by atoms with E-state index in [2.05, 4.69) is 20.4 Å². The van der Waals surface area contributed by atoms with Gasteiger partial charge < -0.3 is 9.84 Å². The molecule has 18 heavy (non-hydrogen) atoms. The first-order valence-corrected chi connectivity index (χ1v) is 7.03. The monoisotopic (exact) mass is 256 g/mol. The van der Waals surface area contributed by atoms with Crippen LogP contribution in [0.3, 0.4) is 0 Å². The van der Waals surface area contributed by atoms with Gasteiger partial charge in [0.2, 0.25) is 0 Å². The molecule has 0 amide bonds. The summed E-state index contributed by atoms with van der Waals surface area (Å²) in [6.45, 7) is 7.88. The molecule has 0 aliphatic carbocycles. The summed E-state index contributed by atoms with van der Waals surface area (Å²) in [7, 11) is 0. The Kier molecular flexibility index (Phi) is 10.8. The number of carbonyl (C=O) groups is 1. The van der Waals surface area contributed by atoms with Gasteiger partial charge in [0, 0.05) is 6.08 Å². The van der Waals surface area contributed by atoms with Crippen LogP contribution >= 0.6 is 0 Å². The van der Waals surface area contributed by atoms with Gasteiger partial charge in [-0.2, -0.15) is 0 Å². The lowest BCUT2D eigenvalue weighted by Crippen LogP contribution is -2.17. The minimum atomic E-state index is -0.537. The number of ether oxygens (including phenoxy) is 1. The molecule has 0 aromatic carbocycles. The maximum Gasteiger partial charge on any atom is 0.330 e. The van der Waals surface area contributed by atoms with E-state index in [0.717, 1.165) is 24.8 Å². The molecule has 0 rings (SSSR count). The van der Waals surface area contributed by atoms with Crippen LogP contribution in [0.2, 0.25) is 0 Å². The lowest BCUT2D eigenvalue weighted by molar-refractivity contribution is -0.140. The SMILES string of the molecule is C=CC(=O)OCC(O)CCCCCCCC(C)C. The molecule has 3 heteroatoms. The molecule has 0 fully saturated rings. The smallest absolute Gasteiger partial charge is 0.330 e. The standard InChI is InChI=1S/C15H28O3/c1-4-15(17)18-12-14(16)11-9-7-5-6-8-10-13(2)3/h4,13-14,16H,1,5-12H2,2-3H3. The van der Waals surface area contributed by atoms with Gasteiger partial charge in [-0.25, -0.2) is 4.79 Å². The fourth-order valence-electron chi connectivity index (χ4n) is 1.78. The molecule has 0 bridgehead atoms. The Balaban J connectivity index is 3.27. The maximum atomic E-state index is 10.8. The summed E-state index contributed by atoms with van der Waals surface area (Å²) in [6, 6.07) is 0. The summed E-state index contributed by atoms with van der Waals surface area (Å²) < 4.78 is 4.77. The van der Waals surface area contributed by atoms with Gasteiger partial charge in [-0.3, -0.25) is 0 Å². The topological polar surface area (TPSA) is 46.5 Å². The first-order valence-electron chi connectivity index (χ1n) is 7.03. The molecular weight excluding hydrogens is 228 g/mol. The Bertz CT molecular complexity index is 224. The number of aliphatic hydroxyl groups excluding tert-OH is 1. The summed E-state index contributed by atoms with van der Waals surface area (Å²) in [5.41, 5.74) is 0. The predicted octanol–water partition coefficient (Wildman–Crippen LogP) is 3.46. The summed E-state index contributed by atoms with van der Waals surface area (Å²) in [5, 5.41) is 9.56. The van der Waals surface area contributed by atoms with Crippen LogP contribution in [0.5, 0.6) is 0 Å². The van der Waals surface area contributed by atoms with Crippen molar-refractivity contribution in [2.24, 2.45) is 5.92 Å². The summed E-state index contributed by atoms with van der Waals surface area (Å²) in [4.78, 5) is 10.8. The third-order valence-corrected chi connectivity index (χ3v) is 2.90. The van der Waals surface area contributed by atoms with Crippen molar-refractivity contribution in [1.29, 1.82) is 0 Å². The lowest BCUT2D eigenvalue weighted by Gasteiger charge is -2.10. The van der Waals surface area contributed by atoms with Crippen molar-refractivity contribution in [3.63, 3.8) is 0 Å². The Hall–Kier alpha value is -0.830. The predicted molar refractivity (Wildman–Crippen MR) is 74.3 cm³/mol. The first-order chi connectivity index (χ1) is 8.56. The average Bonchev–Trinajstić information content (AvgIpc) is 2.34. The van der Waals surface area contributed by atoms with Gasteiger partial charge in [-0.15, -0.1) is 0 Å². The maximum absolute atomic E-state index is 10.8. The number of hydrogen-bond donors (Lipinski definition) is 1. The fraction of sp³-hybridized carbons (Fsp3) is 0.800. The first kappa shape index (κ1) is 17.2. The van der Waals surface area contributed by atoms with Crippen LogP contribution in [0, 0.1) is 5.92 Å². The molecule has 0 heterocycles. The van der Waals surface area contributed by atoms with Crippen LogP contribution in [0.1, 0.15) is 58.8 Å². The van der Waals surface area contributed by atoms with Gasteiger partial charge >= 0.3 is 5.97 Å². The Morgan fingerprint density at radius 2 is 1.72 bits per heavy atom. The second-order valence-electron chi connectivity index (χ2n) is 5.23. The molecule has 0 aliphatic rings. The molecule has 0 aliphatic heterocycles. The minimum absolute atomic E-state index is 0.0816.